The molecule has 2 aromatic rings. The summed E-state index contributed by atoms with van der Waals surface area (Å²) in [6.07, 6.45) is 2.21. The van der Waals surface area contributed by atoms with Gasteiger partial charge in [-0.25, -0.2) is 4.68 Å². The molecule has 0 bridgehead atoms. The second-order valence-electron chi connectivity index (χ2n) is 6.35. The Morgan fingerprint density at radius 1 is 1.52 bits per heavy atom. The lowest BCUT2D eigenvalue weighted by atomic mass is 9.98. The number of amides is 1. The summed E-state index contributed by atoms with van der Waals surface area (Å²) in [6.45, 7) is 4.73. The molecule has 1 aromatic carbocycles. The van der Waals surface area contributed by atoms with Crippen LogP contribution in [0.5, 0.6) is 0 Å². The number of piperidine rings is 1. The van der Waals surface area contributed by atoms with Gasteiger partial charge in [-0.3, -0.25) is 9.69 Å². The number of carbonyl (C=O) groups is 1. The number of halogens is 1. The van der Waals surface area contributed by atoms with Crippen molar-refractivity contribution in [2.24, 2.45) is 5.92 Å². The van der Waals surface area contributed by atoms with Gasteiger partial charge >= 0.3 is 0 Å². The molecule has 0 saturated carbocycles. The first kappa shape index (κ1) is 18.1. The molecule has 0 spiro atoms. The molecule has 0 aliphatic carbocycles. The quantitative estimate of drug-likeness (QED) is 0.806. The fourth-order valence-electron chi connectivity index (χ4n) is 3.06. The van der Waals surface area contributed by atoms with Crippen LogP contribution < -0.4 is 5.32 Å². The topological polar surface area (TPSA) is 63.3 Å². The molecule has 25 heavy (non-hydrogen) atoms. The molecule has 1 aromatic heterocycles. The van der Waals surface area contributed by atoms with Crippen LogP contribution >= 0.6 is 23.8 Å². The Kier molecular flexibility index (Phi) is 5.88. The molecule has 0 radical (unpaired) electrons. The molecule has 2 heterocycles. The highest BCUT2D eigenvalue weighted by atomic mass is 35.5. The van der Waals surface area contributed by atoms with Gasteiger partial charge < -0.3 is 9.73 Å². The lowest BCUT2D eigenvalue weighted by molar-refractivity contribution is -0.119. The van der Waals surface area contributed by atoms with Crippen molar-refractivity contribution in [3.63, 3.8) is 0 Å². The molecule has 1 N–H and O–H groups in total. The van der Waals surface area contributed by atoms with E-state index < -0.39 is 0 Å². The van der Waals surface area contributed by atoms with Crippen LogP contribution in [-0.2, 0) is 11.5 Å². The molecule has 1 aliphatic rings. The molecule has 1 atom stereocenters. The van der Waals surface area contributed by atoms with E-state index in [1.807, 2.05) is 12.1 Å². The first-order chi connectivity index (χ1) is 12.0. The minimum Gasteiger partial charge on any atom is -0.409 e. The van der Waals surface area contributed by atoms with Gasteiger partial charge in [-0.15, -0.1) is 5.10 Å². The van der Waals surface area contributed by atoms with Gasteiger partial charge in [0.25, 0.3) is 4.84 Å². The van der Waals surface area contributed by atoms with Gasteiger partial charge in [0.1, 0.15) is 0 Å². The molecule has 6 nitrogen and oxygen atoms in total. The van der Waals surface area contributed by atoms with E-state index in [1.165, 1.54) is 0 Å². The van der Waals surface area contributed by atoms with Crippen molar-refractivity contribution in [1.82, 2.24) is 20.0 Å². The van der Waals surface area contributed by atoms with E-state index in [1.54, 1.807) is 23.7 Å². The number of hydrogen-bond acceptors (Lipinski definition) is 5. The van der Waals surface area contributed by atoms with E-state index in [9.17, 15) is 4.79 Å². The minimum atomic E-state index is 0.0157. The van der Waals surface area contributed by atoms with Crippen molar-refractivity contribution in [1.29, 1.82) is 0 Å². The van der Waals surface area contributed by atoms with Crippen LogP contribution in [0.3, 0.4) is 0 Å². The van der Waals surface area contributed by atoms with E-state index in [2.05, 4.69) is 15.3 Å². The van der Waals surface area contributed by atoms with Crippen LogP contribution in [0.2, 0.25) is 5.02 Å². The molecule has 1 aliphatic heterocycles. The highest BCUT2D eigenvalue weighted by molar-refractivity contribution is 7.71. The largest absolute Gasteiger partial charge is 0.409 e. The lowest BCUT2D eigenvalue weighted by Crippen LogP contribution is -2.41. The van der Waals surface area contributed by atoms with Crippen molar-refractivity contribution >= 4 is 29.7 Å². The number of carbonyl (C=O) groups excluding carboxylic acids is 1. The van der Waals surface area contributed by atoms with Crippen molar-refractivity contribution in [2.45, 2.75) is 26.4 Å². The zero-order valence-corrected chi connectivity index (χ0v) is 15.6. The van der Waals surface area contributed by atoms with Crippen LogP contribution in [-0.4, -0.2) is 40.2 Å². The SMILES string of the molecule is CC(=O)NCC1CCCN(Cn2nc(-c3cccc(Cl)c3)oc2=S)C1. The Balaban J connectivity index is 1.67. The highest BCUT2D eigenvalue weighted by Gasteiger charge is 2.21. The number of nitrogens with zero attached hydrogens (tertiary/aromatic N) is 3. The van der Waals surface area contributed by atoms with Gasteiger partial charge in [0.15, 0.2) is 0 Å². The average molecular weight is 381 g/mol. The molecule has 134 valence electrons. The molecule has 1 saturated heterocycles. The van der Waals surface area contributed by atoms with E-state index in [0.717, 1.165) is 31.5 Å². The molecule has 3 rings (SSSR count). The standard InChI is InChI=1S/C17H21ClN4O2S/c1-12(23)19-9-13-4-3-7-21(10-13)11-22-17(25)24-16(20-22)14-5-2-6-15(18)8-14/h2,5-6,8,13H,3-4,7,9-11H2,1H3,(H,19,23). The van der Waals surface area contributed by atoms with E-state index >= 15 is 0 Å². The zero-order valence-electron chi connectivity index (χ0n) is 14.1. The van der Waals surface area contributed by atoms with Gasteiger partial charge in [-0.2, -0.15) is 0 Å². The number of benzene rings is 1. The van der Waals surface area contributed by atoms with Gasteiger partial charge in [-0.05, 0) is 55.7 Å². The Bertz CT molecular complexity index is 804. The maximum atomic E-state index is 11.1. The Labute approximate surface area is 156 Å². The maximum absolute atomic E-state index is 11.1. The summed E-state index contributed by atoms with van der Waals surface area (Å²) in [7, 11) is 0. The monoisotopic (exact) mass is 380 g/mol. The van der Waals surface area contributed by atoms with Gasteiger partial charge in [0.05, 0.1) is 6.67 Å². The summed E-state index contributed by atoms with van der Waals surface area (Å²) in [6, 6.07) is 7.35. The number of hydrogen-bond donors (Lipinski definition) is 1. The number of likely N-dealkylation sites (tertiary alicyclic amines) is 1. The summed E-state index contributed by atoms with van der Waals surface area (Å²) in [5.41, 5.74) is 0.805. The first-order valence-corrected chi connectivity index (χ1v) is 9.10. The molecule has 1 unspecified atom stereocenters. The zero-order chi connectivity index (χ0) is 17.8. The average Bonchev–Trinajstić information content (AvgIpc) is 2.94. The van der Waals surface area contributed by atoms with Crippen molar-refractivity contribution in [3.05, 3.63) is 34.1 Å². The molecule has 1 fully saturated rings. The molecular formula is C17H21ClN4O2S. The number of rotatable bonds is 5. The predicted octanol–water partition coefficient (Wildman–Crippen LogP) is 3.33. The van der Waals surface area contributed by atoms with Crippen LogP contribution in [0, 0.1) is 10.8 Å². The number of aromatic nitrogens is 2. The lowest BCUT2D eigenvalue weighted by Gasteiger charge is -2.32. The second kappa shape index (κ2) is 8.12. The van der Waals surface area contributed by atoms with Crippen LogP contribution in [0.15, 0.2) is 28.7 Å². The van der Waals surface area contributed by atoms with Crippen LogP contribution in [0.4, 0.5) is 0 Å². The Morgan fingerprint density at radius 3 is 3.12 bits per heavy atom. The normalized spacial score (nSPS) is 18.2. The second-order valence-corrected chi connectivity index (χ2v) is 7.13. The van der Waals surface area contributed by atoms with Crippen molar-refractivity contribution < 1.29 is 9.21 Å². The fourth-order valence-corrected chi connectivity index (χ4v) is 3.43. The van der Waals surface area contributed by atoms with Gasteiger partial charge in [0, 0.05) is 30.6 Å². The van der Waals surface area contributed by atoms with E-state index in [4.69, 9.17) is 28.2 Å². The van der Waals surface area contributed by atoms with Crippen LogP contribution in [0.1, 0.15) is 19.8 Å². The van der Waals surface area contributed by atoms with Crippen LogP contribution in [0.25, 0.3) is 11.5 Å². The maximum Gasteiger partial charge on any atom is 0.288 e. The van der Waals surface area contributed by atoms with Gasteiger partial charge in [-0.1, -0.05) is 17.7 Å². The molecular weight excluding hydrogens is 360 g/mol. The third-order valence-corrected chi connectivity index (χ3v) is 4.78. The van der Waals surface area contributed by atoms with Crippen molar-refractivity contribution in [3.8, 4) is 11.5 Å². The van der Waals surface area contributed by atoms with Crippen molar-refractivity contribution in [2.75, 3.05) is 19.6 Å². The van der Waals surface area contributed by atoms with E-state index in [0.29, 0.717) is 34.9 Å². The molecule has 8 heteroatoms. The van der Waals surface area contributed by atoms with Gasteiger partial charge in [0.2, 0.25) is 11.8 Å². The summed E-state index contributed by atoms with van der Waals surface area (Å²) >= 11 is 11.3. The minimum absolute atomic E-state index is 0.0157. The summed E-state index contributed by atoms with van der Waals surface area (Å²) < 4.78 is 7.33. The Hall–Kier alpha value is -1.70. The summed E-state index contributed by atoms with van der Waals surface area (Å²) in [5.74, 6) is 0.937. The smallest absolute Gasteiger partial charge is 0.288 e. The predicted molar refractivity (Wildman–Crippen MR) is 98.8 cm³/mol. The highest BCUT2D eigenvalue weighted by Crippen LogP contribution is 2.22. The van der Waals surface area contributed by atoms with E-state index in [-0.39, 0.29) is 5.91 Å². The summed E-state index contributed by atoms with van der Waals surface area (Å²) in [4.78, 5) is 13.7. The molecule has 1 amide bonds. The third kappa shape index (κ3) is 4.90. The number of nitrogens with one attached hydrogen (secondary N) is 1. The third-order valence-electron chi connectivity index (χ3n) is 4.25. The summed E-state index contributed by atoms with van der Waals surface area (Å²) in [5, 5.41) is 8.02. The fraction of sp³-hybridized carbons (Fsp3) is 0.471. The Morgan fingerprint density at radius 2 is 2.36 bits per heavy atom. The first-order valence-electron chi connectivity index (χ1n) is 8.32.